The highest BCUT2D eigenvalue weighted by Gasteiger charge is 2.12. The van der Waals surface area contributed by atoms with Crippen molar-refractivity contribution in [2.45, 2.75) is 13.8 Å². The van der Waals surface area contributed by atoms with Crippen LogP contribution in [0.25, 0.3) is 0 Å². The zero-order valence-electron chi connectivity index (χ0n) is 9.71. The lowest BCUT2D eigenvalue weighted by Gasteiger charge is -2.10. The van der Waals surface area contributed by atoms with E-state index in [4.69, 9.17) is 10.00 Å². The number of anilines is 1. The van der Waals surface area contributed by atoms with Crippen molar-refractivity contribution in [3.05, 3.63) is 29.1 Å². The van der Waals surface area contributed by atoms with Gasteiger partial charge in [-0.15, -0.1) is 0 Å². The molecule has 0 radical (unpaired) electrons. The summed E-state index contributed by atoms with van der Waals surface area (Å²) in [6.07, 6.45) is 0. The fraction of sp³-hybridized carbons (Fsp3) is 0.333. The van der Waals surface area contributed by atoms with E-state index in [1.807, 2.05) is 6.07 Å². The van der Waals surface area contributed by atoms with E-state index in [0.29, 0.717) is 11.3 Å². The van der Waals surface area contributed by atoms with Crippen molar-refractivity contribution in [1.82, 2.24) is 0 Å². The minimum absolute atomic E-state index is 0.0482. The molecule has 0 atom stereocenters. The molecule has 1 rings (SSSR count). The van der Waals surface area contributed by atoms with Crippen LogP contribution in [0.1, 0.15) is 22.8 Å². The molecule has 0 spiro atoms. The van der Waals surface area contributed by atoms with Gasteiger partial charge in [0.2, 0.25) is 0 Å². The maximum Gasteiger partial charge on any atom is 0.338 e. The number of ether oxygens (including phenoxy) is 1. The smallest absolute Gasteiger partial charge is 0.338 e. The fourth-order valence-electron chi connectivity index (χ4n) is 1.33. The lowest BCUT2D eigenvalue weighted by Crippen LogP contribution is -2.08. The SMILES string of the molecule is CCOC(=O)c1cc(F)c(C)c(NCC#N)c1. The van der Waals surface area contributed by atoms with Crippen LogP contribution >= 0.6 is 0 Å². The Morgan fingerprint density at radius 2 is 2.29 bits per heavy atom. The third kappa shape index (κ3) is 3.18. The first-order valence-corrected chi connectivity index (χ1v) is 5.18. The van der Waals surface area contributed by atoms with E-state index in [2.05, 4.69) is 5.32 Å². The number of rotatable bonds is 4. The molecule has 1 N–H and O–H groups in total. The van der Waals surface area contributed by atoms with Gasteiger partial charge < -0.3 is 10.1 Å². The molecule has 90 valence electrons. The summed E-state index contributed by atoms with van der Waals surface area (Å²) in [5.41, 5.74) is 0.929. The molecular weight excluding hydrogens is 223 g/mol. The number of nitrogens with zero attached hydrogens (tertiary/aromatic N) is 1. The Morgan fingerprint density at radius 1 is 1.59 bits per heavy atom. The molecule has 1 aromatic carbocycles. The van der Waals surface area contributed by atoms with Crippen LogP contribution in [0.15, 0.2) is 12.1 Å². The first-order valence-electron chi connectivity index (χ1n) is 5.18. The standard InChI is InChI=1S/C12H13FN2O2/c1-3-17-12(16)9-6-10(13)8(2)11(7-9)15-5-4-14/h6-7,15H,3,5H2,1-2H3. The molecule has 0 unspecified atom stereocenters. The molecule has 4 nitrogen and oxygen atoms in total. The Balaban J connectivity index is 3.06. The van der Waals surface area contributed by atoms with Crippen LogP contribution in [-0.4, -0.2) is 19.1 Å². The largest absolute Gasteiger partial charge is 0.462 e. The van der Waals surface area contributed by atoms with Crippen molar-refractivity contribution >= 4 is 11.7 Å². The van der Waals surface area contributed by atoms with E-state index >= 15 is 0 Å². The van der Waals surface area contributed by atoms with E-state index in [9.17, 15) is 9.18 Å². The first kappa shape index (κ1) is 13.0. The summed E-state index contributed by atoms with van der Waals surface area (Å²) < 4.78 is 18.3. The number of hydrogen-bond donors (Lipinski definition) is 1. The van der Waals surface area contributed by atoms with Crippen molar-refractivity contribution in [1.29, 1.82) is 5.26 Å². The molecule has 5 heteroatoms. The zero-order chi connectivity index (χ0) is 12.8. The molecular formula is C12H13FN2O2. The highest BCUT2D eigenvalue weighted by atomic mass is 19.1. The van der Waals surface area contributed by atoms with Crippen LogP contribution in [0.5, 0.6) is 0 Å². The second-order valence-electron chi connectivity index (χ2n) is 3.36. The lowest BCUT2D eigenvalue weighted by molar-refractivity contribution is 0.0526. The van der Waals surface area contributed by atoms with Crippen LogP contribution in [0, 0.1) is 24.1 Å². The molecule has 0 fully saturated rings. The van der Waals surface area contributed by atoms with Gasteiger partial charge in [0.15, 0.2) is 0 Å². The van der Waals surface area contributed by atoms with Gasteiger partial charge >= 0.3 is 5.97 Å². The number of hydrogen-bond acceptors (Lipinski definition) is 4. The van der Waals surface area contributed by atoms with Crippen molar-refractivity contribution in [3.8, 4) is 6.07 Å². The molecule has 0 saturated heterocycles. The molecule has 0 aliphatic heterocycles. The molecule has 0 heterocycles. The van der Waals surface area contributed by atoms with Crippen molar-refractivity contribution in [2.75, 3.05) is 18.5 Å². The Hall–Kier alpha value is -2.09. The minimum atomic E-state index is -0.577. The number of nitriles is 1. The number of carbonyl (C=O) groups is 1. The average Bonchev–Trinajstić information content (AvgIpc) is 2.31. The quantitative estimate of drug-likeness (QED) is 0.643. The lowest BCUT2D eigenvalue weighted by atomic mass is 10.1. The highest BCUT2D eigenvalue weighted by molar-refractivity contribution is 5.91. The molecule has 1 aromatic rings. The number of halogens is 1. The summed E-state index contributed by atoms with van der Waals surface area (Å²) in [7, 11) is 0. The Labute approximate surface area is 99.0 Å². The summed E-state index contributed by atoms with van der Waals surface area (Å²) in [4.78, 5) is 11.5. The van der Waals surface area contributed by atoms with Crippen molar-refractivity contribution in [3.63, 3.8) is 0 Å². The highest BCUT2D eigenvalue weighted by Crippen LogP contribution is 2.21. The minimum Gasteiger partial charge on any atom is -0.462 e. The first-order chi connectivity index (χ1) is 8.10. The summed E-state index contributed by atoms with van der Waals surface area (Å²) in [5, 5.41) is 11.2. The van der Waals surface area contributed by atoms with Crippen LogP contribution in [0.3, 0.4) is 0 Å². The number of carbonyl (C=O) groups excluding carboxylic acids is 1. The molecule has 0 amide bonds. The Morgan fingerprint density at radius 3 is 2.88 bits per heavy atom. The molecule has 17 heavy (non-hydrogen) atoms. The molecule has 0 saturated carbocycles. The van der Waals surface area contributed by atoms with Crippen LogP contribution in [0.2, 0.25) is 0 Å². The van der Waals surface area contributed by atoms with Gasteiger partial charge in [-0.3, -0.25) is 0 Å². The summed E-state index contributed by atoms with van der Waals surface area (Å²) in [6, 6.07) is 4.50. The molecule has 0 bridgehead atoms. The van der Waals surface area contributed by atoms with Gasteiger partial charge in [-0.05, 0) is 26.0 Å². The van der Waals surface area contributed by atoms with Crippen LogP contribution < -0.4 is 5.32 Å². The summed E-state index contributed by atoms with van der Waals surface area (Å²) in [6.45, 7) is 3.53. The summed E-state index contributed by atoms with van der Waals surface area (Å²) in [5.74, 6) is -1.08. The zero-order valence-corrected chi connectivity index (χ0v) is 9.71. The van der Waals surface area contributed by atoms with Gasteiger partial charge in [0.05, 0.1) is 18.2 Å². The maximum absolute atomic E-state index is 13.5. The average molecular weight is 236 g/mol. The molecule has 0 aliphatic rings. The van der Waals surface area contributed by atoms with E-state index in [1.54, 1.807) is 13.8 Å². The number of nitrogens with one attached hydrogen (secondary N) is 1. The van der Waals surface area contributed by atoms with Crippen molar-refractivity contribution in [2.24, 2.45) is 0 Å². The fourth-order valence-corrected chi connectivity index (χ4v) is 1.33. The Kier molecular flexibility index (Phi) is 4.46. The molecule has 0 aromatic heterocycles. The van der Waals surface area contributed by atoms with E-state index in [0.717, 1.165) is 6.07 Å². The van der Waals surface area contributed by atoms with Crippen LogP contribution in [0.4, 0.5) is 10.1 Å². The normalized spacial score (nSPS) is 9.53. The van der Waals surface area contributed by atoms with Gasteiger partial charge in [-0.1, -0.05) is 0 Å². The van der Waals surface area contributed by atoms with Crippen molar-refractivity contribution < 1.29 is 13.9 Å². The monoisotopic (exact) mass is 236 g/mol. The van der Waals surface area contributed by atoms with Crippen LogP contribution in [-0.2, 0) is 4.74 Å². The van der Waals surface area contributed by atoms with E-state index < -0.39 is 11.8 Å². The van der Waals surface area contributed by atoms with Gasteiger partial charge in [-0.25, -0.2) is 9.18 Å². The predicted octanol–water partition coefficient (Wildman–Crippen LogP) is 2.25. The van der Waals surface area contributed by atoms with Gasteiger partial charge in [0.1, 0.15) is 12.4 Å². The number of esters is 1. The number of benzene rings is 1. The maximum atomic E-state index is 13.5. The van der Waals surface area contributed by atoms with Gasteiger partial charge in [0, 0.05) is 11.3 Å². The topological polar surface area (TPSA) is 62.1 Å². The third-order valence-electron chi connectivity index (χ3n) is 2.21. The molecule has 0 aliphatic carbocycles. The van der Waals surface area contributed by atoms with E-state index in [1.165, 1.54) is 6.07 Å². The second-order valence-corrected chi connectivity index (χ2v) is 3.36. The Bertz CT molecular complexity index is 466. The second kappa shape index (κ2) is 5.85. The van der Waals surface area contributed by atoms with Gasteiger partial charge in [0.25, 0.3) is 0 Å². The third-order valence-corrected chi connectivity index (χ3v) is 2.21. The predicted molar refractivity (Wildman–Crippen MR) is 61.2 cm³/mol. The van der Waals surface area contributed by atoms with E-state index in [-0.39, 0.29) is 18.7 Å². The van der Waals surface area contributed by atoms with Gasteiger partial charge in [-0.2, -0.15) is 5.26 Å². The summed E-state index contributed by atoms with van der Waals surface area (Å²) >= 11 is 0.